The van der Waals surface area contributed by atoms with Crippen molar-refractivity contribution in [3.8, 4) is 0 Å². The van der Waals surface area contributed by atoms with E-state index < -0.39 is 6.04 Å². The van der Waals surface area contributed by atoms with Crippen molar-refractivity contribution in [1.82, 2.24) is 42.5 Å². The van der Waals surface area contributed by atoms with E-state index in [9.17, 15) is 19.2 Å². The standard InChI is InChI=1S/C26H54N8O4/c1-27-16-9-6-12-20(29-3)24(36)32-18-11-8-14-22(25(37)33-19-15-23(35)31-5)34-26(38)21(30-4)13-7-10-17-28-2/h20-22,27-30H,6-19H2,1-5H3,(H,31,35)(H,32,36)(H,33,37)(H,34,38)/t20-,21-,22-/m0/s1. The third kappa shape index (κ3) is 17.3. The summed E-state index contributed by atoms with van der Waals surface area (Å²) in [7, 11) is 8.88. The van der Waals surface area contributed by atoms with Gasteiger partial charge in [-0.05, 0) is 86.2 Å². The van der Waals surface area contributed by atoms with Gasteiger partial charge in [-0.15, -0.1) is 0 Å². The zero-order valence-corrected chi connectivity index (χ0v) is 24.3. The number of unbranched alkanes of at least 4 members (excludes halogenated alkanes) is 3. The first-order valence-corrected chi connectivity index (χ1v) is 14.0. The normalized spacial score (nSPS) is 13.3. The lowest BCUT2D eigenvalue weighted by atomic mass is 10.1. The van der Waals surface area contributed by atoms with Crippen molar-refractivity contribution in [2.45, 2.75) is 82.3 Å². The molecule has 0 unspecified atom stereocenters. The van der Waals surface area contributed by atoms with Crippen LogP contribution in [0.25, 0.3) is 0 Å². The molecule has 0 saturated carbocycles. The zero-order chi connectivity index (χ0) is 28.6. The summed E-state index contributed by atoms with van der Waals surface area (Å²) in [5.41, 5.74) is 0. The number of nitrogens with one attached hydrogen (secondary N) is 8. The molecule has 0 heterocycles. The van der Waals surface area contributed by atoms with Crippen molar-refractivity contribution in [3.63, 3.8) is 0 Å². The fourth-order valence-electron chi connectivity index (χ4n) is 4.01. The summed E-state index contributed by atoms with van der Waals surface area (Å²) in [6, 6.07) is -1.33. The van der Waals surface area contributed by atoms with Gasteiger partial charge in [-0.2, -0.15) is 0 Å². The summed E-state index contributed by atoms with van der Waals surface area (Å²) < 4.78 is 0. The van der Waals surface area contributed by atoms with E-state index in [2.05, 4.69) is 42.5 Å². The molecule has 0 aromatic rings. The highest BCUT2D eigenvalue weighted by Crippen LogP contribution is 2.06. The highest BCUT2D eigenvalue weighted by molar-refractivity contribution is 5.90. The number of hydrogen-bond donors (Lipinski definition) is 8. The molecule has 38 heavy (non-hydrogen) atoms. The lowest BCUT2D eigenvalue weighted by Crippen LogP contribution is -2.52. The third-order valence-electron chi connectivity index (χ3n) is 6.45. The fraction of sp³-hybridized carbons (Fsp3) is 0.846. The van der Waals surface area contributed by atoms with Crippen LogP contribution in [0.15, 0.2) is 0 Å². The molecule has 0 aliphatic rings. The number of carbonyl (C=O) groups excluding carboxylic acids is 4. The molecule has 12 nitrogen and oxygen atoms in total. The number of carbonyl (C=O) groups is 4. The molecule has 0 aromatic carbocycles. The molecule has 3 atom stereocenters. The van der Waals surface area contributed by atoms with Crippen LogP contribution in [0.4, 0.5) is 0 Å². The average Bonchev–Trinajstić information content (AvgIpc) is 2.91. The van der Waals surface area contributed by atoms with Crippen LogP contribution in [-0.2, 0) is 19.2 Å². The van der Waals surface area contributed by atoms with E-state index in [1.165, 1.54) is 0 Å². The molecular weight excluding hydrogens is 488 g/mol. The number of likely N-dealkylation sites (N-methyl/N-ethyl adjacent to an activating group) is 2. The van der Waals surface area contributed by atoms with Crippen LogP contribution < -0.4 is 42.5 Å². The summed E-state index contributed by atoms with van der Waals surface area (Å²) in [6.45, 7) is 2.51. The largest absolute Gasteiger partial charge is 0.359 e. The topological polar surface area (TPSA) is 165 Å². The molecule has 12 heteroatoms. The fourth-order valence-corrected chi connectivity index (χ4v) is 4.01. The molecule has 8 N–H and O–H groups in total. The molecule has 0 aromatic heterocycles. The second-order valence-electron chi connectivity index (χ2n) is 9.44. The maximum absolute atomic E-state index is 12.9. The molecule has 0 rings (SSSR count). The first-order valence-electron chi connectivity index (χ1n) is 14.0. The van der Waals surface area contributed by atoms with E-state index in [1.807, 2.05) is 14.1 Å². The summed E-state index contributed by atoms with van der Waals surface area (Å²) in [5, 5.41) is 23.5. The van der Waals surface area contributed by atoms with Crippen molar-refractivity contribution >= 4 is 23.6 Å². The SMILES string of the molecule is CNCCCC[C@H](NC)C(=O)NCCCC[C@H](NC(=O)[C@H](CCCCNC)NC)C(=O)NCCC(=O)NC. The molecule has 0 fully saturated rings. The molecule has 0 saturated heterocycles. The first-order chi connectivity index (χ1) is 18.3. The van der Waals surface area contributed by atoms with Gasteiger partial charge >= 0.3 is 0 Å². The zero-order valence-electron chi connectivity index (χ0n) is 24.3. The summed E-state index contributed by atoms with van der Waals surface area (Å²) in [5.74, 6) is -0.718. The lowest BCUT2D eigenvalue weighted by Gasteiger charge is -2.22. The lowest BCUT2D eigenvalue weighted by molar-refractivity contribution is -0.130. The molecule has 4 amide bonds. The van der Waals surface area contributed by atoms with Crippen LogP contribution in [0.3, 0.4) is 0 Å². The molecule has 0 spiro atoms. The van der Waals surface area contributed by atoms with Crippen LogP contribution in [0.2, 0.25) is 0 Å². The van der Waals surface area contributed by atoms with E-state index in [-0.39, 0.29) is 48.7 Å². The molecule has 0 radical (unpaired) electrons. The molecule has 222 valence electrons. The van der Waals surface area contributed by atoms with Crippen LogP contribution in [-0.4, -0.2) is 103 Å². The second-order valence-corrected chi connectivity index (χ2v) is 9.44. The van der Waals surface area contributed by atoms with Gasteiger partial charge in [0.15, 0.2) is 0 Å². The highest BCUT2D eigenvalue weighted by atomic mass is 16.2. The maximum Gasteiger partial charge on any atom is 0.242 e. The van der Waals surface area contributed by atoms with Crippen molar-refractivity contribution in [2.75, 3.05) is 61.4 Å². The van der Waals surface area contributed by atoms with Gasteiger partial charge in [-0.25, -0.2) is 0 Å². The van der Waals surface area contributed by atoms with Gasteiger partial charge in [0.25, 0.3) is 0 Å². The van der Waals surface area contributed by atoms with Gasteiger partial charge in [0.1, 0.15) is 6.04 Å². The minimum Gasteiger partial charge on any atom is -0.359 e. The molecule has 0 bridgehead atoms. The number of amides is 4. The molecule has 0 aliphatic carbocycles. The number of rotatable bonds is 24. The van der Waals surface area contributed by atoms with E-state index in [1.54, 1.807) is 21.1 Å². The Morgan fingerprint density at radius 1 is 0.526 bits per heavy atom. The second kappa shape index (κ2) is 23.8. The van der Waals surface area contributed by atoms with Crippen molar-refractivity contribution in [3.05, 3.63) is 0 Å². The van der Waals surface area contributed by atoms with Gasteiger partial charge in [0.05, 0.1) is 12.1 Å². The summed E-state index contributed by atoms with van der Waals surface area (Å²) in [4.78, 5) is 49.7. The van der Waals surface area contributed by atoms with E-state index in [0.29, 0.717) is 32.2 Å². The maximum atomic E-state index is 12.9. The molecular formula is C26H54N8O4. The van der Waals surface area contributed by atoms with Crippen LogP contribution in [0.5, 0.6) is 0 Å². The summed E-state index contributed by atoms with van der Waals surface area (Å²) >= 11 is 0. The minimum absolute atomic E-state index is 0.0242. The van der Waals surface area contributed by atoms with Gasteiger partial charge in [0, 0.05) is 26.6 Å². The van der Waals surface area contributed by atoms with Gasteiger partial charge in [0.2, 0.25) is 23.6 Å². The van der Waals surface area contributed by atoms with E-state index in [4.69, 9.17) is 0 Å². The first kappa shape index (κ1) is 35.7. The van der Waals surface area contributed by atoms with Crippen molar-refractivity contribution in [2.24, 2.45) is 0 Å². The van der Waals surface area contributed by atoms with Crippen LogP contribution in [0, 0.1) is 0 Å². The van der Waals surface area contributed by atoms with E-state index in [0.717, 1.165) is 45.2 Å². The Balaban J connectivity index is 4.78. The van der Waals surface area contributed by atoms with Crippen LogP contribution in [0.1, 0.15) is 64.2 Å². The van der Waals surface area contributed by atoms with Crippen LogP contribution >= 0.6 is 0 Å². The smallest absolute Gasteiger partial charge is 0.242 e. The van der Waals surface area contributed by atoms with Crippen molar-refractivity contribution < 1.29 is 19.2 Å². The Bertz CT molecular complexity index is 665. The third-order valence-corrected chi connectivity index (χ3v) is 6.45. The highest BCUT2D eigenvalue weighted by Gasteiger charge is 2.24. The Kier molecular flexibility index (Phi) is 22.4. The minimum atomic E-state index is -0.715. The number of hydrogen-bond acceptors (Lipinski definition) is 8. The monoisotopic (exact) mass is 542 g/mol. The van der Waals surface area contributed by atoms with Gasteiger partial charge in [-0.3, -0.25) is 19.2 Å². The van der Waals surface area contributed by atoms with Gasteiger partial charge in [-0.1, -0.05) is 12.8 Å². The molecule has 0 aliphatic heterocycles. The predicted molar refractivity (Wildman–Crippen MR) is 152 cm³/mol. The quantitative estimate of drug-likeness (QED) is 0.0717. The van der Waals surface area contributed by atoms with Gasteiger partial charge < -0.3 is 42.5 Å². The van der Waals surface area contributed by atoms with Crippen molar-refractivity contribution in [1.29, 1.82) is 0 Å². The Labute approximate surface area is 229 Å². The Hall–Kier alpha value is -2.28. The summed E-state index contributed by atoms with van der Waals surface area (Å²) in [6.07, 6.45) is 7.19. The Morgan fingerprint density at radius 2 is 0.974 bits per heavy atom. The Morgan fingerprint density at radius 3 is 1.47 bits per heavy atom. The average molecular weight is 543 g/mol. The van der Waals surface area contributed by atoms with E-state index >= 15 is 0 Å². The predicted octanol–water partition coefficient (Wildman–Crippen LogP) is -1.03.